The van der Waals surface area contributed by atoms with E-state index in [2.05, 4.69) is 50.1 Å². The number of benzene rings is 1. The van der Waals surface area contributed by atoms with Crippen LogP contribution in [0.25, 0.3) is 0 Å². The van der Waals surface area contributed by atoms with Crippen molar-refractivity contribution in [1.82, 2.24) is 14.9 Å². The Morgan fingerprint density at radius 3 is 2.55 bits per heavy atom. The number of piperazine rings is 1. The van der Waals surface area contributed by atoms with Gasteiger partial charge in [0.15, 0.2) is 5.16 Å². The molecule has 1 aromatic heterocycles. The summed E-state index contributed by atoms with van der Waals surface area (Å²) in [4.78, 5) is 13.7. The van der Waals surface area contributed by atoms with Crippen LogP contribution in [0.4, 0.5) is 5.82 Å². The van der Waals surface area contributed by atoms with E-state index < -0.39 is 0 Å². The molecule has 0 N–H and O–H groups in total. The van der Waals surface area contributed by atoms with E-state index in [1.54, 1.807) is 11.8 Å². The average Bonchev–Trinajstić information content (AvgIpc) is 2.61. The first-order chi connectivity index (χ1) is 10.8. The highest BCUT2D eigenvalue weighted by Crippen LogP contribution is 2.16. The summed E-state index contributed by atoms with van der Waals surface area (Å²) >= 11 is 1.59. The van der Waals surface area contributed by atoms with Crippen molar-refractivity contribution in [2.45, 2.75) is 11.6 Å². The van der Waals surface area contributed by atoms with E-state index in [9.17, 15) is 0 Å². The summed E-state index contributed by atoms with van der Waals surface area (Å²) in [6, 6.07) is 12.7. The standard InChI is InChI=1S/C17H22N4S/c1-22-17-18-9-7-16(19-17)21-13-11-20(12-14-21)10-8-15-5-3-2-4-6-15/h2-7,9H,8,10-14H2,1H3. The zero-order chi connectivity index (χ0) is 15.2. The molecule has 116 valence electrons. The molecule has 1 aliphatic heterocycles. The third-order valence-corrected chi connectivity index (χ3v) is 4.62. The molecule has 0 spiro atoms. The summed E-state index contributed by atoms with van der Waals surface area (Å²) < 4.78 is 0. The highest BCUT2D eigenvalue weighted by atomic mass is 32.2. The molecule has 5 heteroatoms. The predicted octanol–water partition coefficient (Wildman–Crippen LogP) is 2.56. The van der Waals surface area contributed by atoms with Crippen LogP contribution in [-0.2, 0) is 6.42 Å². The fraction of sp³-hybridized carbons (Fsp3) is 0.412. The minimum absolute atomic E-state index is 0.851. The topological polar surface area (TPSA) is 32.3 Å². The van der Waals surface area contributed by atoms with Crippen molar-refractivity contribution in [2.75, 3.05) is 43.9 Å². The molecule has 2 heterocycles. The Morgan fingerprint density at radius 1 is 1.05 bits per heavy atom. The second kappa shape index (κ2) is 7.61. The summed E-state index contributed by atoms with van der Waals surface area (Å²) in [6.45, 7) is 5.42. The molecule has 0 unspecified atom stereocenters. The fourth-order valence-electron chi connectivity index (χ4n) is 2.74. The van der Waals surface area contributed by atoms with Crippen LogP contribution in [0.1, 0.15) is 5.56 Å². The van der Waals surface area contributed by atoms with Gasteiger partial charge in [-0.1, -0.05) is 42.1 Å². The molecule has 0 amide bonds. The van der Waals surface area contributed by atoms with Crippen molar-refractivity contribution >= 4 is 17.6 Å². The lowest BCUT2D eigenvalue weighted by molar-refractivity contribution is 0.260. The van der Waals surface area contributed by atoms with Gasteiger partial charge in [0.05, 0.1) is 0 Å². The zero-order valence-electron chi connectivity index (χ0n) is 13.0. The van der Waals surface area contributed by atoms with E-state index in [-0.39, 0.29) is 0 Å². The Kier molecular flexibility index (Phi) is 5.29. The van der Waals surface area contributed by atoms with Crippen molar-refractivity contribution in [3.05, 3.63) is 48.2 Å². The quantitative estimate of drug-likeness (QED) is 0.625. The summed E-state index contributed by atoms with van der Waals surface area (Å²) in [6.07, 6.45) is 5.00. The lowest BCUT2D eigenvalue weighted by Crippen LogP contribution is -2.47. The van der Waals surface area contributed by atoms with Crippen molar-refractivity contribution in [3.8, 4) is 0 Å². The van der Waals surface area contributed by atoms with Gasteiger partial charge in [0.25, 0.3) is 0 Å². The molecule has 0 bridgehead atoms. The molecule has 1 aliphatic rings. The number of thioether (sulfide) groups is 1. The zero-order valence-corrected chi connectivity index (χ0v) is 13.8. The van der Waals surface area contributed by atoms with Gasteiger partial charge in [-0.2, -0.15) is 0 Å². The van der Waals surface area contributed by atoms with Gasteiger partial charge in [-0.3, -0.25) is 4.90 Å². The predicted molar refractivity (Wildman–Crippen MR) is 92.6 cm³/mol. The van der Waals surface area contributed by atoms with Crippen LogP contribution in [0.5, 0.6) is 0 Å². The van der Waals surface area contributed by atoms with Crippen LogP contribution in [0.3, 0.4) is 0 Å². The third-order valence-electron chi connectivity index (χ3n) is 4.06. The second-order valence-electron chi connectivity index (χ2n) is 5.47. The van der Waals surface area contributed by atoms with Gasteiger partial charge >= 0.3 is 0 Å². The van der Waals surface area contributed by atoms with Gasteiger partial charge in [-0.15, -0.1) is 0 Å². The van der Waals surface area contributed by atoms with Crippen molar-refractivity contribution in [1.29, 1.82) is 0 Å². The molecule has 1 fully saturated rings. The normalized spacial score (nSPS) is 16.0. The Bertz CT molecular complexity index is 582. The third kappa shape index (κ3) is 3.99. The molecule has 0 saturated carbocycles. The monoisotopic (exact) mass is 314 g/mol. The van der Waals surface area contributed by atoms with Crippen molar-refractivity contribution in [3.63, 3.8) is 0 Å². The van der Waals surface area contributed by atoms with Crippen LogP contribution in [0.15, 0.2) is 47.8 Å². The van der Waals surface area contributed by atoms with Crippen molar-refractivity contribution in [2.24, 2.45) is 0 Å². The Balaban J connectivity index is 1.49. The highest BCUT2D eigenvalue weighted by Gasteiger charge is 2.18. The van der Waals surface area contributed by atoms with E-state index in [0.717, 1.165) is 50.1 Å². The van der Waals surface area contributed by atoms with Crippen LogP contribution in [-0.4, -0.2) is 53.8 Å². The maximum atomic E-state index is 4.59. The van der Waals surface area contributed by atoms with Crippen LogP contribution in [0, 0.1) is 0 Å². The smallest absolute Gasteiger partial charge is 0.189 e. The molecule has 0 atom stereocenters. The first kappa shape index (κ1) is 15.3. The highest BCUT2D eigenvalue weighted by molar-refractivity contribution is 7.98. The van der Waals surface area contributed by atoms with Crippen LogP contribution < -0.4 is 4.90 Å². The summed E-state index contributed by atoms with van der Waals surface area (Å²) in [5.41, 5.74) is 1.42. The molecule has 4 nitrogen and oxygen atoms in total. The molecule has 22 heavy (non-hydrogen) atoms. The minimum Gasteiger partial charge on any atom is -0.354 e. The number of rotatable bonds is 5. The van der Waals surface area contributed by atoms with Crippen molar-refractivity contribution < 1.29 is 0 Å². The summed E-state index contributed by atoms with van der Waals surface area (Å²) in [5.74, 6) is 1.06. The first-order valence-electron chi connectivity index (χ1n) is 7.73. The van der Waals surface area contributed by atoms with E-state index in [4.69, 9.17) is 0 Å². The van der Waals surface area contributed by atoms with E-state index >= 15 is 0 Å². The summed E-state index contributed by atoms with van der Waals surface area (Å²) in [5, 5.41) is 0.851. The number of aromatic nitrogens is 2. The lowest BCUT2D eigenvalue weighted by Gasteiger charge is -2.35. The molecule has 1 aromatic carbocycles. The lowest BCUT2D eigenvalue weighted by atomic mass is 10.1. The Hall–Kier alpha value is -1.59. The van der Waals surface area contributed by atoms with E-state index in [0.29, 0.717) is 0 Å². The molecule has 1 saturated heterocycles. The average molecular weight is 314 g/mol. The largest absolute Gasteiger partial charge is 0.354 e. The van der Waals surface area contributed by atoms with Crippen LogP contribution >= 0.6 is 11.8 Å². The van der Waals surface area contributed by atoms with Gasteiger partial charge in [0.2, 0.25) is 0 Å². The fourth-order valence-corrected chi connectivity index (χ4v) is 3.09. The van der Waals surface area contributed by atoms with Crippen LogP contribution in [0.2, 0.25) is 0 Å². The molecule has 0 radical (unpaired) electrons. The molecule has 3 rings (SSSR count). The van der Waals surface area contributed by atoms with Gasteiger partial charge in [0.1, 0.15) is 5.82 Å². The number of hydrogen-bond acceptors (Lipinski definition) is 5. The minimum atomic E-state index is 0.851. The number of hydrogen-bond donors (Lipinski definition) is 0. The molecule has 2 aromatic rings. The SMILES string of the molecule is CSc1nccc(N2CCN(CCc3ccccc3)CC2)n1. The first-order valence-corrected chi connectivity index (χ1v) is 8.96. The van der Waals surface area contributed by atoms with Gasteiger partial charge in [-0.05, 0) is 24.3 Å². The van der Waals surface area contributed by atoms with Gasteiger partial charge < -0.3 is 4.90 Å². The van der Waals surface area contributed by atoms with E-state index in [1.807, 2.05) is 18.5 Å². The van der Waals surface area contributed by atoms with Gasteiger partial charge in [0, 0.05) is 38.9 Å². The molecule has 0 aliphatic carbocycles. The Morgan fingerprint density at radius 2 is 1.82 bits per heavy atom. The Labute approximate surface area is 136 Å². The van der Waals surface area contributed by atoms with E-state index in [1.165, 1.54) is 5.56 Å². The number of nitrogens with zero attached hydrogens (tertiary/aromatic N) is 4. The second-order valence-corrected chi connectivity index (χ2v) is 6.24. The maximum absolute atomic E-state index is 4.59. The number of anilines is 1. The summed E-state index contributed by atoms with van der Waals surface area (Å²) in [7, 11) is 0. The van der Waals surface area contributed by atoms with Gasteiger partial charge in [-0.25, -0.2) is 9.97 Å². The molecular weight excluding hydrogens is 292 g/mol. The maximum Gasteiger partial charge on any atom is 0.189 e. The molecular formula is C17H22N4S.